The molecule has 2 aromatic carbocycles. The Morgan fingerprint density at radius 3 is 2.46 bits per heavy atom. The Labute approximate surface area is 241 Å². The number of hydrogen-bond acceptors (Lipinski definition) is 6. The van der Waals surface area contributed by atoms with Gasteiger partial charge in [0.2, 0.25) is 0 Å². The smallest absolute Gasteiger partial charge is 0.297 e. The van der Waals surface area contributed by atoms with Gasteiger partial charge in [-0.25, -0.2) is 0 Å². The molecule has 0 unspecified atom stereocenters. The van der Waals surface area contributed by atoms with Gasteiger partial charge in [-0.15, -0.1) is 6.58 Å². The summed E-state index contributed by atoms with van der Waals surface area (Å²) in [4.78, 5) is 29.3. The summed E-state index contributed by atoms with van der Waals surface area (Å²) < 4.78 is 19.1. The van der Waals surface area contributed by atoms with Crippen molar-refractivity contribution in [2.45, 2.75) is 43.7 Å². The van der Waals surface area contributed by atoms with Crippen LogP contribution < -0.4 is 25.1 Å². The quantitative estimate of drug-likeness (QED) is 0.307. The van der Waals surface area contributed by atoms with E-state index in [1.165, 1.54) is 16.9 Å². The second kappa shape index (κ2) is 11.0. The minimum Gasteiger partial charge on any atom is -0.497 e. The van der Waals surface area contributed by atoms with Gasteiger partial charge in [-0.3, -0.25) is 14.2 Å². The zero-order valence-electron chi connectivity index (χ0n) is 24.3. The molecule has 1 N–H and O–H groups in total. The maximum atomic E-state index is 14.4. The number of methoxy groups -OCH3 is 2. The van der Waals surface area contributed by atoms with Crippen LogP contribution >= 0.6 is 0 Å². The third-order valence-corrected chi connectivity index (χ3v) is 13.3. The Kier molecular flexibility index (Phi) is 7.71. The van der Waals surface area contributed by atoms with Crippen LogP contribution in [0, 0.1) is 5.92 Å². The molecule has 3 heterocycles. The predicted molar refractivity (Wildman–Crippen MR) is 162 cm³/mol. The van der Waals surface area contributed by atoms with E-state index in [4.69, 9.17) is 14.2 Å². The van der Waals surface area contributed by atoms with E-state index in [1.54, 1.807) is 36.4 Å². The number of nitrogens with zero attached hydrogens (tertiary/aromatic N) is 2. The predicted octanol–water partition coefficient (Wildman–Crippen LogP) is 3.99. The summed E-state index contributed by atoms with van der Waals surface area (Å²) in [5.41, 5.74) is 0.554. The highest BCUT2D eigenvalue weighted by Gasteiger charge is 2.66. The van der Waals surface area contributed by atoms with E-state index in [1.807, 2.05) is 30.3 Å². The minimum absolute atomic E-state index is 0.0201. The second-order valence-electron chi connectivity index (χ2n) is 11.3. The van der Waals surface area contributed by atoms with Crippen LogP contribution in [-0.2, 0) is 15.1 Å². The number of aliphatic hydroxyl groups excluding tert-OH is 1. The molecule has 0 saturated carbocycles. The number of carbonyl (C=O) groups excluding carboxylic acids is 1. The molecule has 2 aliphatic rings. The fraction of sp³-hybridized carbons (Fsp3) is 0.375. The first kappa shape index (κ1) is 28.9. The Bertz CT molecular complexity index is 1520. The number of ether oxygens (including phenoxy) is 3. The van der Waals surface area contributed by atoms with Crippen molar-refractivity contribution in [1.29, 1.82) is 0 Å². The average molecular weight is 575 g/mol. The van der Waals surface area contributed by atoms with Gasteiger partial charge in [0.1, 0.15) is 5.75 Å². The van der Waals surface area contributed by atoms with E-state index in [-0.39, 0.29) is 41.4 Å². The van der Waals surface area contributed by atoms with Crippen LogP contribution in [0.2, 0.25) is 18.6 Å². The molecule has 1 amide bonds. The number of amides is 1. The molecular weight excluding hydrogens is 536 g/mol. The van der Waals surface area contributed by atoms with Gasteiger partial charge in [-0.05, 0) is 54.4 Å². The number of pyridine rings is 1. The minimum atomic E-state index is -2.28. The Balaban J connectivity index is 1.68. The molecule has 0 aliphatic carbocycles. The first-order chi connectivity index (χ1) is 19.6. The molecule has 216 valence electrons. The molecule has 41 heavy (non-hydrogen) atoms. The van der Waals surface area contributed by atoms with E-state index in [0.717, 1.165) is 17.0 Å². The standard InChI is InChI=1S/C32H38N2O6Si/c1-7-17-34-26-15-10-22(33-18-8-9-28(39-4)30(33)36)20-25(26)32(31(34)37)21(2)29(27(40-32)16-19-35)41(5,6)24-13-11-23(38-3)12-14-24/h7-15,18,20-21,27,29,35H,1,16-17,19H2,2-6H3/t21-,27+,29-,32+/m0/s1. The number of rotatable bonds is 9. The molecule has 1 aromatic heterocycles. The molecule has 1 saturated heterocycles. The summed E-state index contributed by atoms with van der Waals surface area (Å²) in [6.07, 6.45) is 3.48. The fourth-order valence-electron chi connectivity index (χ4n) is 6.99. The molecule has 0 radical (unpaired) electrons. The van der Waals surface area contributed by atoms with Crippen molar-refractivity contribution in [2.75, 3.05) is 32.3 Å². The first-order valence-corrected chi connectivity index (χ1v) is 17.0. The maximum Gasteiger partial charge on any atom is 0.297 e. The van der Waals surface area contributed by atoms with E-state index < -0.39 is 13.7 Å². The lowest BCUT2D eigenvalue weighted by atomic mass is 9.82. The van der Waals surface area contributed by atoms with Crippen LogP contribution in [0.15, 0.2) is 78.2 Å². The summed E-state index contributed by atoms with van der Waals surface area (Å²) in [6, 6.07) is 17.2. The van der Waals surface area contributed by atoms with Crippen LogP contribution in [-0.4, -0.2) is 57.1 Å². The molecule has 2 aliphatic heterocycles. The van der Waals surface area contributed by atoms with Crippen molar-refractivity contribution in [1.82, 2.24) is 4.57 Å². The van der Waals surface area contributed by atoms with Gasteiger partial charge in [0.25, 0.3) is 11.5 Å². The fourth-order valence-corrected chi connectivity index (χ4v) is 11.1. The molecule has 1 spiro atoms. The highest BCUT2D eigenvalue weighted by molar-refractivity contribution is 6.91. The highest BCUT2D eigenvalue weighted by Crippen LogP contribution is 2.60. The van der Waals surface area contributed by atoms with Crippen molar-refractivity contribution in [3.8, 4) is 17.2 Å². The number of hydrogen-bond donors (Lipinski definition) is 1. The lowest BCUT2D eigenvalue weighted by molar-refractivity contribution is -0.146. The Morgan fingerprint density at radius 1 is 1.10 bits per heavy atom. The van der Waals surface area contributed by atoms with Crippen LogP contribution in [0.5, 0.6) is 11.5 Å². The van der Waals surface area contributed by atoms with Gasteiger partial charge in [0.15, 0.2) is 11.4 Å². The van der Waals surface area contributed by atoms with E-state index in [0.29, 0.717) is 18.7 Å². The van der Waals surface area contributed by atoms with Gasteiger partial charge >= 0.3 is 0 Å². The Morgan fingerprint density at radius 2 is 1.83 bits per heavy atom. The van der Waals surface area contributed by atoms with Gasteiger partial charge < -0.3 is 24.2 Å². The van der Waals surface area contributed by atoms with Crippen molar-refractivity contribution in [2.24, 2.45) is 5.92 Å². The number of aromatic nitrogens is 1. The van der Waals surface area contributed by atoms with Crippen LogP contribution in [0.25, 0.3) is 5.69 Å². The second-order valence-corrected chi connectivity index (χ2v) is 16.0. The van der Waals surface area contributed by atoms with Crippen LogP contribution in [0.4, 0.5) is 5.69 Å². The topological polar surface area (TPSA) is 90.2 Å². The lowest BCUT2D eigenvalue weighted by Gasteiger charge is -2.37. The highest BCUT2D eigenvalue weighted by atomic mass is 28.3. The number of fused-ring (bicyclic) bond motifs is 2. The third-order valence-electron chi connectivity index (χ3n) is 8.95. The molecular formula is C32H38N2O6Si. The van der Waals surface area contributed by atoms with Crippen molar-refractivity contribution < 1.29 is 24.1 Å². The molecule has 3 aromatic rings. The van der Waals surface area contributed by atoms with Gasteiger partial charge in [0.05, 0.1) is 34.1 Å². The van der Waals surface area contributed by atoms with Crippen molar-refractivity contribution in [3.63, 3.8) is 0 Å². The zero-order valence-corrected chi connectivity index (χ0v) is 25.3. The number of carbonyl (C=O) groups is 1. The van der Waals surface area contributed by atoms with Crippen molar-refractivity contribution >= 4 is 24.9 Å². The van der Waals surface area contributed by atoms with E-state index in [2.05, 4.69) is 38.7 Å². The Hall–Kier alpha value is -3.66. The van der Waals surface area contributed by atoms with Gasteiger partial charge in [-0.2, -0.15) is 0 Å². The molecule has 9 heteroatoms. The molecule has 8 nitrogen and oxygen atoms in total. The average Bonchev–Trinajstić information content (AvgIpc) is 3.40. The number of aliphatic hydroxyl groups is 1. The summed E-state index contributed by atoms with van der Waals surface area (Å²) >= 11 is 0. The maximum absolute atomic E-state index is 14.4. The van der Waals surface area contributed by atoms with E-state index in [9.17, 15) is 14.7 Å². The number of anilines is 1. The monoisotopic (exact) mass is 574 g/mol. The van der Waals surface area contributed by atoms with Gasteiger partial charge in [-0.1, -0.05) is 43.4 Å². The summed E-state index contributed by atoms with van der Waals surface area (Å²) in [5, 5.41) is 11.3. The molecule has 0 bridgehead atoms. The number of benzene rings is 2. The lowest BCUT2D eigenvalue weighted by Crippen LogP contribution is -2.51. The SMILES string of the molecule is C=CCN1C(=O)[C@]2(O[C@H](CCO)[C@@H]([Si](C)(C)c3ccc(OC)cc3)[C@@H]2C)c2cc(-n3cccc(OC)c3=O)ccc21. The van der Waals surface area contributed by atoms with Crippen molar-refractivity contribution in [3.05, 3.63) is 89.4 Å². The first-order valence-electron chi connectivity index (χ1n) is 13.9. The van der Waals surface area contributed by atoms with E-state index >= 15 is 0 Å². The largest absolute Gasteiger partial charge is 0.497 e. The van der Waals surface area contributed by atoms with Crippen LogP contribution in [0.3, 0.4) is 0 Å². The summed E-state index contributed by atoms with van der Waals surface area (Å²) in [5.74, 6) is 0.673. The molecule has 1 fully saturated rings. The molecule has 4 atom stereocenters. The van der Waals surface area contributed by atoms with Gasteiger partial charge in [0, 0.05) is 36.5 Å². The normalized spacial score (nSPS) is 23.6. The summed E-state index contributed by atoms with van der Waals surface area (Å²) in [7, 11) is 0.834. The summed E-state index contributed by atoms with van der Waals surface area (Å²) in [6.45, 7) is 10.9. The zero-order chi connectivity index (χ0) is 29.5. The molecule has 5 rings (SSSR count). The van der Waals surface area contributed by atoms with Crippen LogP contribution in [0.1, 0.15) is 18.9 Å². The third kappa shape index (κ3) is 4.43.